The molecular formula is C18H29N3O. The standard InChI is InChI=1S/C18H29N3O/c1-3-4-11-19-18(22)14-20-16-5-7-17(8-6-16)21-12-9-15(2)10-13-21/h5-8,15,20H,3-4,9-14H2,1-2H3,(H,19,22). The van der Waals surface area contributed by atoms with Gasteiger partial charge in [-0.05, 0) is 49.4 Å². The number of amides is 1. The number of benzene rings is 1. The lowest BCUT2D eigenvalue weighted by Crippen LogP contribution is -2.32. The maximum absolute atomic E-state index is 11.7. The van der Waals surface area contributed by atoms with Crippen molar-refractivity contribution in [3.05, 3.63) is 24.3 Å². The Kier molecular flexibility index (Phi) is 6.56. The van der Waals surface area contributed by atoms with Gasteiger partial charge in [-0.3, -0.25) is 4.79 Å². The third-order valence-corrected chi connectivity index (χ3v) is 4.32. The summed E-state index contributed by atoms with van der Waals surface area (Å²) >= 11 is 0. The molecule has 0 saturated carbocycles. The van der Waals surface area contributed by atoms with Crippen LogP contribution in [-0.4, -0.2) is 32.1 Å². The fourth-order valence-corrected chi connectivity index (χ4v) is 2.71. The summed E-state index contributed by atoms with van der Waals surface area (Å²) in [5.41, 5.74) is 2.28. The van der Waals surface area contributed by atoms with Crippen molar-refractivity contribution in [2.75, 3.05) is 36.4 Å². The van der Waals surface area contributed by atoms with Crippen molar-refractivity contribution in [2.24, 2.45) is 5.92 Å². The van der Waals surface area contributed by atoms with Crippen LogP contribution in [-0.2, 0) is 4.79 Å². The molecular weight excluding hydrogens is 274 g/mol. The molecule has 1 aromatic carbocycles. The Balaban J connectivity index is 1.76. The summed E-state index contributed by atoms with van der Waals surface area (Å²) in [6.07, 6.45) is 4.69. The molecule has 122 valence electrons. The van der Waals surface area contributed by atoms with E-state index in [4.69, 9.17) is 0 Å². The minimum Gasteiger partial charge on any atom is -0.376 e. The maximum atomic E-state index is 11.7. The fraction of sp³-hybridized carbons (Fsp3) is 0.611. The molecule has 0 radical (unpaired) electrons. The molecule has 0 aliphatic carbocycles. The Hall–Kier alpha value is -1.71. The number of nitrogens with one attached hydrogen (secondary N) is 2. The van der Waals surface area contributed by atoms with Gasteiger partial charge in [0.2, 0.25) is 5.91 Å². The number of carbonyl (C=O) groups is 1. The van der Waals surface area contributed by atoms with E-state index < -0.39 is 0 Å². The van der Waals surface area contributed by atoms with Crippen LogP contribution in [0.5, 0.6) is 0 Å². The molecule has 1 saturated heterocycles. The first-order valence-corrected chi connectivity index (χ1v) is 8.54. The Morgan fingerprint density at radius 3 is 2.55 bits per heavy atom. The van der Waals surface area contributed by atoms with E-state index in [0.717, 1.165) is 44.1 Å². The lowest BCUT2D eigenvalue weighted by atomic mass is 9.99. The topological polar surface area (TPSA) is 44.4 Å². The summed E-state index contributed by atoms with van der Waals surface area (Å²) in [6.45, 7) is 7.85. The number of piperidine rings is 1. The van der Waals surface area contributed by atoms with Crippen LogP contribution in [0.3, 0.4) is 0 Å². The molecule has 1 aromatic rings. The number of unbranched alkanes of at least 4 members (excludes halogenated alkanes) is 1. The molecule has 1 aliphatic heterocycles. The number of rotatable bonds is 7. The van der Waals surface area contributed by atoms with E-state index in [9.17, 15) is 4.79 Å². The first-order chi connectivity index (χ1) is 10.7. The van der Waals surface area contributed by atoms with E-state index in [1.807, 2.05) is 0 Å². The molecule has 1 heterocycles. The molecule has 0 bridgehead atoms. The largest absolute Gasteiger partial charge is 0.376 e. The van der Waals surface area contributed by atoms with Crippen molar-refractivity contribution in [3.63, 3.8) is 0 Å². The second-order valence-electron chi connectivity index (χ2n) is 6.27. The van der Waals surface area contributed by atoms with Crippen LogP contribution in [0.15, 0.2) is 24.3 Å². The van der Waals surface area contributed by atoms with Crippen LogP contribution in [0, 0.1) is 5.92 Å². The number of hydrogen-bond donors (Lipinski definition) is 2. The third-order valence-electron chi connectivity index (χ3n) is 4.32. The zero-order valence-electron chi connectivity index (χ0n) is 13.9. The summed E-state index contributed by atoms with van der Waals surface area (Å²) in [5, 5.41) is 6.09. The Labute approximate surface area is 134 Å². The fourth-order valence-electron chi connectivity index (χ4n) is 2.71. The molecule has 0 spiro atoms. The second-order valence-corrected chi connectivity index (χ2v) is 6.27. The van der Waals surface area contributed by atoms with Gasteiger partial charge >= 0.3 is 0 Å². The molecule has 1 fully saturated rings. The van der Waals surface area contributed by atoms with Gasteiger partial charge in [0.05, 0.1) is 6.54 Å². The molecule has 0 unspecified atom stereocenters. The normalized spacial score (nSPS) is 15.6. The van der Waals surface area contributed by atoms with Crippen molar-refractivity contribution < 1.29 is 4.79 Å². The number of carbonyl (C=O) groups excluding carboxylic acids is 1. The van der Waals surface area contributed by atoms with Gasteiger partial charge in [0, 0.05) is 31.0 Å². The molecule has 22 heavy (non-hydrogen) atoms. The van der Waals surface area contributed by atoms with Gasteiger partial charge in [-0.25, -0.2) is 0 Å². The predicted molar refractivity (Wildman–Crippen MR) is 93.5 cm³/mol. The van der Waals surface area contributed by atoms with Crippen molar-refractivity contribution in [3.8, 4) is 0 Å². The average Bonchev–Trinajstić information content (AvgIpc) is 2.54. The van der Waals surface area contributed by atoms with Crippen LogP contribution in [0.1, 0.15) is 39.5 Å². The van der Waals surface area contributed by atoms with Crippen molar-refractivity contribution in [1.29, 1.82) is 0 Å². The second kappa shape index (κ2) is 8.66. The minimum atomic E-state index is 0.0579. The molecule has 4 nitrogen and oxygen atoms in total. The highest BCUT2D eigenvalue weighted by molar-refractivity contribution is 5.80. The molecule has 0 atom stereocenters. The van der Waals surface area contributed by atoms with Gasteiger partial charge < -0.3 is 15.5 Å². The summed E-state index contributed by atoms with van der Waals surface area (Å²) < 4.78 is 0. The lowest BCUT2D eigenvalue weighted by Gasteiger charge is -2.32. The van der Waals surface area contributed by atoms with Crippen LogP contribution in [0.25, 0.3) is 0 Å². The Morgan fingerprint density at radius 1 is 1.23 bits per heavy atom. The van der Waals surface area contributed by atoms with Crippen molar-refractivity contribution >= 4 is 17.3 Å². The lowest BCUT2D eigenvalue weighted by molar-refractivity contribution is -0.119. The number of anilines is 2. The summed E-state index contributed by atoms with van der Waals surface area (Å²) in [6, 6.07) is 8.42. The zero-order valence-corrected chi connectivity index (χ0v) is 13.9. The smallest absolute Gasteiger partial charge is 0.239 e. The average molecular weight is 303 g/mol. The van der Waals surface area contributed by atoms with Crippen LogP contribution in [0.2, 0.25) is 0 Å². The van der Waals surface area contributed by atoms with Gasteiger partial charge in [0.25, 0.3) is 0 Å². The van der Waals surface area contributed by atoms with E-state index in [-0.39, 0.29) is 5.91 Å². The number of nitrogens with zero attached hydrogens (tertiary/aromatic N) is 1. The van der Waals surface area contributed by atoms with Crippen LogP contribution in [0.4, 0.5) is 11.4 Å². The predicted octanol–water partition coefficient (Wildman–Crippen LogP) is 3.25. The van der Waals surface area contributed by atoms with Gasteiger partial charge in [0.1, 0.15) is 0 Å². The molecule has 1 amide bonds. The summed E-state index contributed by atoms with van der Waals surface area (Å²) in [5.74, 6) is 0.908. The van der Waals surface area contributed by atoms with Gasteiger partial charge in [-0.15, -0.1) is 0 Å². The maximum Gasteiger partial charge on any atom is 0.239 e. The van der Waals surface area contributed by atoms with Crippen molar-refractivity contribution in [2.45, 2.75) is 39.5 Å². The zero-order chi connectivity index (χ0) is 15.8. The summed E-state index contributed by atoms with van der Waals surface area (Å²) in [4.78, 5) is 14.1. The highest BCUT2D eigenvalue weighted by Gasteiger charge is 2.15. The molecule has 4 heteroatoms. The quantitative estimate of drug-likeness (QED) is 0.760. The van der Waals surface area contributed by atoms with Crippen molar-refractivity contribution in [1.82, 2.24) is 5.32 Å². The molecule has 0 aromatic heterocycles. The highest BCUT2D eigenvalue weighted by Crippen LogP contribution is 2.24. The molecule has 1 aliphatic rings. The molecule has 2 N–H and O–H groups in total. The van der Waals surface area contributed by atoms with E-state index in [2.05, 4.69) is 53.6 Å². The monoisotopic (exact) mass is 303 g/mol. The number of hydrogen-bond acceptors (Lipinski definition) is 3. The minimum absolute atomic E-state index is 0.0579. The Morgan fingerprint density at radius 2 is 1.91 bits per heavy atom. The van der Waals surface area contributed by atoms with E-state index in [0.29, 0.717) is 6.54 Å². The summed E-state index contributed by atoms with van der Waals surface area (Å²) in [7, 11) is 0. The van der Waals surface area contributed by atoms with Crippen LogP contribution < -0.4 is 15.5 Å². The van der Waals surface area contributed by atoms with E-state index in [1.54, 1.807) is 0 Å². The highest BCUT2D eigenvalue weighted by atomic mass is 16.1. The first kappa shape index (κ1) is 16.7. The Bertz CT molecular complexity index is 450. The SMILES string of the molecule is CCCCNC(=O)CNc1ccc(N2CCC(C)CC2)cc1. The third kappa shape index (κ3) is 5.24. The van der Waals surface area contributed by atoms with Crippen LogP contribution >= 0.6 is 0 Å². The van der Waals surface area contributed by atoms with Gasteiger partial charge in [-0.1, -0.05) is 20.3 Å². The van der Waals surface area contributed by atoms with E-state index in [1.165, 1.54) is 18.5 Å². The van der Waals surface area contributed by atoms with Gasteiger partial charge in [-0.2, -0.15) is 0 Å². The first-order valence-electron chi connectivity index (χ1n) is 8.54. The van der Waals surface area contributed by atoms with Gasteiger partial charge in [0.15, 0.2) is 0 Å². The van der Waals surface area contributed by atoms with E-state index >= 15 is 0 Å². The molecule has 2 rings (SSSR count).